The van der Waals surface area contributed by atoms with Crippen molar-refractivity contribution in [2.75, 3.05) is 68.5 Å². The van der Waals surface area contributed by atoms with Gasteiger partial charge in [-0.2, -0.15) is 5.10 Å². The van der Waals surface area contributed by atoms with Crippen LogP contribution in [0.3, 0.4) is 0 Å². The third-order valence-electron chi connectivity index (χ3n) is 10.3. The van der Waals surface area contributed by atoms with E-state index in [2.05, 4.69) is 74.6 Å². The largest absolute Gasteiger partial charge is 0.375 e. The van der Waals surface area contributed by atoms with Crippen LogP contribution >= 0.6 is 0 Å². The van der Waals surface area contributed by atoms with E-state index in [1.165, 1.54) is 37.2 Å². The summed E-state index contributed by atoms with van der Waals surface area (Å²) in [7, 11) is 2.22. The number of aromatic nitrogens is 4. The Bertz CT molecular complexity index is 1520. The third kappa shape index (κ3) is 6.56. The lowest BCUT2D eigenvalue weighted by Crippen LogP contribution is -2.52. The zero-order chi connectivity index (χ0) is 31.8. The highest BCUT2D eigenvalue weighted by Crippen LogP contribution is 2.47. The maximum absolute atomic E-state index is 12.7. The number of nitrogens with one attached hydrogen (secondary N) is 3. The molecule has 4 aliphatic rings. The average Bonchev–Trinajstić information content (AvgIpc) is 3.55. The standard InChI is InChI=1S/C34H48N10O2/c1-22(2)26-20-23(4-5-28(26)44-13-7-25(8-14-44)43-17-15-42(3)16-18-43)37-33-30(31(35)45)39-29(27-6-12-36-41-27)32(40-33)38-24-9-19-46-34(21-24)10-11-34/h4-6,12,20,22,24-25H,7-11,13-19,21H2,1-3H3,(H2,35,45)(H,36,41)(H2,37,38,40). The van der Waals surface area contributed by atoms with Crippen LogP contribution in [0.2, 0.25) is 0 Å². The Hall–Kier alpha value is -3.74. The van der Waals surface area contributed by atoms with Gasteiger partial charge in [-0.3, -0.25) is 14.8 Å². The van der Waals surface area contributed by atoms with Gasteiger partial charge in [0.2, 0.25) is 0 Å². The number of nitrogens with two attached hydrogens (primary N) is 1. The fourth-order valence-electron chi connectivity index (χ4n) is 7.38. The van der Waals surface area contributed by atoms with Gasteiger partial charge in [-0.15, -0.1) is 0 Å². The van der Waals surface area contributed by atoms with Crippen LogP contribution in [0.25, 0.3) is 11.4 Å². The zero-order valence-electron chi connectivity index (χ0n) is 27.4. The molecule has 1 spiro atoms. The molecular weight excluding hydrogens is 580 g/mol. The van der Waals surface area contributed by atoms with Crippen molar-refractivity contribution >= 4 is 28.9 Å². The highest BCUT2D eigenvalue weighted by molar-refractivity contribution is 5.97. The maximum Gasteiger partial charge on any atom is 0.271 e. The number of hydrogen-bond donors (Lipinski definition) is 4. The van der Waals surface area contributed by atoms with E-state index in [0.717, 1.165) is 57.5 Å². The molecule has 4 fully saturated rings. The van der Waals surface area contributed by atoms with E-state index in [9.17, 15) is 4.79 Å². The lowest BCUT2D eigenvalue weighted by atomic mass is 9.96. The van der Waals surface area contributed by atoms with Gasteiger partial charge in [0.15, 0.2) is 17.3 Å². The Labute approximate surface area is 271 Å². The summed E-state index contributed by atoms with van der Waals surface area (Å²) >= 11 is 0. The molecule has 0 radical (unpaired) electrons. The number of aromatic amines is 1. The first kappa shape index (κ1) is 30.9. The van der Waals surface area contributed by atoms with Crippen molar-refractivity contribution in [3.63, 3.8) is 0 Å². The van der Waals surface area contributed by atoms with Crippen molar-refractivity contribution < 1.29 is 9.53 Å². The van der Waals surface area contributed by atoms with Crippen LogP contribution in [-0.2, 0) is 4.74 Å². The van der Waals surface area contributed by atoms with Gasteiger partial charge in [-0.05, 0) is 81.3 Å². The topological polar surface area (TPSA) is 141 Å². The summed E-state index contributed by atoms with van der Waals surface area (Å²) in [6.07, 6.45) is 8.02. The fourth-order valence-corrected chi connectivity index (χ4v) is 7.38. The predicted octanol–water partition coefficient (Wildman–Crippen LogP) is 4.17. The summed E-state index contributed by atoms with van der Waals surface area (Å²) in [4.78, 5) is 30.1. The van der Waals surface area contributed by atoms with E-state index >= 15 is 0 Å². The van der Waals surface area contributed by atoms with Gasteiger partial charge >= 0.3 is 0 Å². The van der Waals surface area contributed by atoms with Crippen LogP contribution in [0, 0.1) is 0 Å². The molecule has 46 heavy (non-hydrogen) atoms. The normalized spacial score (nSPS) is 22.3. The van der Waals surface area contributed by atoms with Gasteiger partial charge in [0.25, 0.3) is 5.91 Å². The van der Waals surface area contributed by atoms with Gasteiger partial charge in [0, 0.05) is 75.5 Å². The molecule has 12 nitrogen and oxygen atoms in total. The molecule has 3 aliphatic heterocycles. The first-order valence-electron chi connectivity index (χ1n) is 17.0. The number of hydrogen-bond acceptors (Lipinski definition) is 10. The number of carbonyl (C=O) groups is 1. The Kier molecular flexibility index (Phi) is 8.60. The number of benzene rings is 1. The van der Waals surface area contributed by atoms with Gasteiger partial charge in [0.05, 0.1) is 11.3 Å². The minimum absolute atomic E-state index is 0.000571. The molecule has 1 amide bonds. The molecule has 5 N–H and O–H groups in total. The minimum Gasteiger partial charge on any atom is -0.375 e. The Morgan fingerprint density at radius 3 is 2.50 bits per heavy atom. The van der Waals surface area contributed by atoms with Gasteiger partial charge in [-0.25, -0.2) is 9.97 Å². The first-order valence-corrected chi connectivity index (χ1v) is 17.0. The summed E-state index contributed by atoms with van der Waals surface area (Å²) in [6, 6.07) is 9.14. The molecule has 0 bridgehead atoms. The second-order valence-electron chi connectivity index (χ2n) is 13.9. The molecule has 5 heterocycles. The van der Waals surface area contributed by atoms with Crippen molar-refractivity contribution in [1.82, 2.24) is 30.0 Å². The summed E-state index contributed by atoms with van der Waals surface area (Å²) in [5.41, 5.74) is 10.5. The van der Waals surface area contributed by atoms with Crippen molar-refractivity contribution in [3.05, 3.63) is 41.7 Å². The number of anilines is 4. The minimum atomic E-state index is -0.644. The Balaban J connectivity index is 1.13. The van der Waals surface area contributed by atoms with E-state index in [0.29, 0.717) is 41.6 Å². The molecule has 1 aromatic carbocycles. The van der Waals surface area contributed by atoms with E-state index in [4.69, 9.17) is 20.4 Å². The summed E-state index contributed by atoms with van der Waals surface area (Å²) in [5.74, 6) is 0.594. The van der Waals surface area contributed by atoms with Gasteiger partial charge in [0.1, 0.15) is 5.69 Å². The molecule has 1 unspecified atom stereocenters. The Morgan fingerprint density at radius 1 is 1.04 bits per heavy atom. The quantitative estimate of drug-likeness (QED) is 0.273. The number of carbonyl (C=O) groups excluding carboxylic acids is 1. The van der Waals surface area contributed by atoms with Crippen LogP contribution in [-0.4, -0.2) is 106 Å². The fraction of sp³-hybridized carbons (Fsp3) is 0.588. The van der Waals surface area contributed by atoms with Crippen molar-refractivity contribution in [1.29, 1.82) is 0 Å². The molecule has 3 saturated heterocycles. The number of H-pyrrole nitrogens is 1. The van der Waals surface area contributed by atoms with E-state index in [-0.39, 0.29) is 17.3 Å². The van der Waals surface area contributed by atoms with E-state index in [1.807, 2.05) is 6.07 Å². The Morgan fingerprint density at radius 2 is 1.83 bits per heavy atom. The second kappa shape index (κ2) is 12.8. The van der Waals surface area contributed by atoms with E-state index in [1.54, 1.807) is 6.20 Å². The smallest absolute Gasteiger partial charge is 0.271 e. The highest BCUT2D eigenvalue weighted by Gasteiger charge is 2.48. The zero-order valence-corrected chi connectivity index (χ0v) is 27.4. The summed E-state index contributed by atoms with van der Waals surface area (Å²) in [6.45, 7) is 12.0. The van der Waals surface area contributed by atoms with Crippen molar-refractivity contribution in [2.24, 2.45) is 5.73 Å². The third-order valence-corrected chi connectivity index (χ3v) is 10.3. The maximum atomic E-state index is 12.7. The molecule has 1 aliphatic carbocycles. The lowest BCUT2D eigenvalue weighted by Gasteiger charge is -2.43. The second-order valence-corrected chi connectivity index (χ2v) is 13.9. The molecule has 7 rings (SSSR count). The molecule has 246 valence electrons. The van der Waals surface area contributed by atoms with Crippen molar-refractivity contribution in [2.45, 2.75) is 76.0 Å². The number of ether oxygens (including phenoxy) is 1. The number of nitrogens with zero attached hydrogens (tertiary/aromatic N) is 6. The lowest BCUT2D eigenvalue weighted by molar-refractivity contribution is -0.00884. The first-order chi connectivity index (χ1) is 22.3. The van der Waals surface area contributed by atoms with Gasteiger partial charge in [-0.1, -0.05) is 13.8 Å². The highest BCUT2D eigenvalue weighted by atomic mass is 16.5. The summed E-state index contributed by atoms with van der Waals surface area (Å²) in [5, 5.41) is 14.1. The van der Waals surface area contributed by atoms with Crippen LogP contribution in [0.4, 0.5) is 23.0 Å². The van der Waals surface area contributed by atoms with E-state index < -0.39 is 5.91 Å². The van der Waals surface area contributed by atoms with Crippen molar-refractivity contribution in [3.8, 4) is 11.4 Å². The number of amides is 1. The van der Waals surface area contributed by atoms with Crippen LogP contribution in [0.5, 0.6) is 0 Å². The molecule has 2 aromatic heterocycles. The predicted molar refractivity (Wildman–Crippen MR) is 181 cm³/mol. The summed E-state index contributed by atoms with van der Waals surface area (Å²) < 4.78 is 6.05. The molecule has 1 saturated carbocycles. The number of piperidine rings is 1. The van der Waals surface area contributed by atoms with Crippen LogP contribution in [0.15, 0.2) is 30.5 Å². The number of piperazine rings is 1. The average molecular weight is 629 g/mol. The number of likely N-dealkylation sites (N-methyl/N-ethyl adjacent to an activating group) is 1. The number of primary amides is 1. The van der Waals surface area contributed by atoms with Gasteiger partial charge < -0.3 is 30.9 Å². The molecular formula is C34H48N10O2. The van der Waals surface area contributed by atoms with Crippen LogP contribution < -0.4 is 21.3 Å². The number of rotatable bonds is 9. The SMILES string of the molecule is CC(C)c1cc(Nc2nc(NC3CCOC4(CC4)C3)c(-c3ccn[nH]3)nc2C(N)=O)ccc1N1CCC(N2CCN(C)CC2)CC1. The molecule has 12 heteroatoms. The molecule has 1 atom stereocenters. The molecule has 3 aromatic rings. The monoisotopic (exact) mass is 628 g/mol. The van der Waals surface area contributed by atoms with Crippen LogP contribution in [0.1, 0.15) is 74.3 Å².